The summed E-state index contributed by atoms with van der Waals surface area (Å²) in [5.74, 6) is 1.08. The molecule has 0 spiro atoms. The lowest BCUT2D eigenvalue weighted by atomic mass is 10.1. The van der Waals surface area contributed by atoms with Crippen LogP contribution >= 0.6 is 11.8 Å². The van der Waals surface area contributed by atoms with Gasteiger partial charge in [-0.15, -0.1) is 11.8 Å². The summed E-state index contributed by atoms with van der Waals surface area (Å²) in [6.07, 6.45) is 0. The third kappa shape index (κ3) is 5.26. The van der Waals surface area contributed by atoms with Gasteiger partial charge < -0.3 is 14.5 Å². The molecule has 2 aromatic rings. The standard InChI is InChI=1S/C21H24N2O3S/c1-16-5-3-6-17(11-16)13-22-9-10-23(14-20(22)24)21(25)15-27-19-8-4-7-18(12-19)26-2/h3-8,11-12H,9-10,13-15H2,1-2H3. The Bertz CT molecular complexity index is 825. The number of aryl methyl sites for hydroxylation is 1. The first-order valence-electron chi connectivity index (χ1n) is 8.93. The second-order valence-corrected chi connectivity index (χ2v) is 7.64. The maximum atomic E-state index is 12.5. The zero-order valence-electron chi connectivity index (χ0n) is 15.7. The van der Waals surface area contributed by atoms with Crippen LogP contribution in [0.5, 0.6) is 5.75 Å². The van der Waals surface area contributed by atoms with Crippen molar-refractivity contribution < 1.29 is 14.3 Å². The molecular formula is C21H24N2O3S. The van der Waals surface area contributed by atoms with Gasteiger partial charge in [0.2, 0.25) is 11.8 Å². The molecule has 1 aliphatic rings. The third-order valence-corrected chi connectivity index (χ3v) is 5.51. The first-order valence-corrected chi connectivity index (χ1v) is 9.91. The van der Waals surface area contributed by atoms with Crippen molar-refractivity contribution in [1.82, 2.24) is 9.80 Å². The molecule has 0 aliphatic carbocycles. The Hall–Kier alpha value is -2.47. The van der Waals surface area contributed by atoms with Gasteiger partial charge in [-0.05, 0) is 30.7 Å². The number of rotatable bonds is 6. The predicted molar refractivity (Wildman–Crippen MR) is 107 cm³/mol. The van der Waals surface area contributed by atoms with E-state index in [2.05, 4.69) is 6.07 Å². The monoisotopic (exact) mass is 384 g/mol. The Morgan fingerprint density at radius 2 is 1.96 bits per heavy atom. The van der Waals surface area contributed by atoms with E-state index in [1.54, 1.807) is 12.0 Å². The highest BCUT2D eigenvalue weighted by Crippen LogP contribution is 2.23. The van der Waals surface area contributed by atoms with Gasteiger partial charge in [-0.3, -0.25) is 9.59 Å². The molecule has 1 aliphatic heterocycles. The quantitative estimate of drug-likeness (QED) is 0.719. The lowest BCUT2D eigenvalue weighted by Crippen LogP contribution is -2.52. The van der Waals surface area contributed by atoms with Crippen LogP contribution in [-0.2, 0) is 16.1 Å². The van der Waals surface area contributed by atoms with E-state index in [1.165, 1.54) is 17.3 Å². The summed E-state index contributed by atoms with van der Waals surface area (Å²) in [4.78, 5) is 29.4. The number of methoxy groups -OCH3 is 1. The molecule has 5 nitrogen and oxygen atoms in total. The first kappa shape index (κ1) is 19.3. The number of hydrogen-bond acceptors (Lipinski definition) is 4. The van der Waals surface area contributed by atoms with E-state index >= 15 is 0 Å². The summed E-state index contributed by atoms with van der Waals surface area (Å²) in [6.45, 7) is 3.95. The molecule has 0 bridgehead atoms. The maximum Gasteiger partial charge on any atom is 0.242 e. The summed E-state index contributed by atoms with van der Waals surface area (Å²) >= 11 is 1.46. The number of ether oxygens (including phenoxy) is 1. The summed E-state index contributed by atoms with van der Waals surface area (Å²) < 4.78 is 5.20. The number of carbonyl (C=O) groups excluding carboxylic acids is 2. The van der Waals surface area contributed by atoms with Crippen molar-refractivity contribution in [3.63, 3.8) is 0 Å². The van der Waals surface area contributed by atoms with Crippen molar-refractivity contribution in [3.05, 3.63) is 59.7 Å². The van der Waals surface area contributed by atoms with Gasteiger partial charge in [0.15, 0.2) is 0 Å². The highest BCUT2D eigenvalue weighted by molar-refractivity contribution is 8.00. The minimum Gasteiger partial charge on any atom is -0.497 e. The van der Waals surface area contributed by atoms with E-state index in [4.69, 9.17) is 4.74 Å². The molecule has 6 heteroatoms. The molecule has 0 aromatic heterocycles. The zero-order valence-corrected chi connectivity index (χ0v) is 16.5. The van der Waals surface area contributed by atoms with Crippen LogP contribution in [0.4, 0.5) is 0 Å². The highest BCUT2D eigenvalue weighted by atomic mass is 32.2. The van der Waals surface area contributed by atoms with Crippen molar-refractivity contribution in [3.8, 4) is 5.75 Å². The second-order valence-electron chi connectivity index (χ2n) is 6.59. The lowest BCUT2D eigenvalue weighted by molar-refractivity contribution is -0.144. The molecule has 0 unspecified atom stereocenters. The van der Waals surface area contributed by atoms with E-state index in [9.17, 15) is 9.59 Å². The number of thioether (sulfide) groups is 1. The van der Waals surface area contributed by atoms with Gasteiger partial charge in [-0.25, -0.2) is 0 Å². The summed E-state index contributed by atoms with van der Waals surface area (Å²) in [6, 6.07) is 15.8. The molecule has 142 valence electrons. The molecule has 3 rings (SSSR count). The molecule has 1 fully saturated rings. The molecule has 2 amide bonds. The van der Waals surface area contributed by atoms with Crippen molar-refractivity contribution in [2.24, 2.45) is 0 Å². The van der Waals surface area contributed by atoms with E-state index in [0.717, 1.165) is 16.2 Å². The van der Waals surface area contributed by atoms with Crippen LogP contribution in [0.1, 0.15) is 11.1 Å². The molecule has 0 atom stereocenters. The van der Waals surface area contributed by atoms with Gasteiger partial charge in [0, 0.05) is 24.5 Å². The number of benzene rings is 2. The number of nitrogens with zero attached hydrogens (tertiary/aromatic N) is 2. The summed E-state index contributed by atoms with van der Waals surface area (Å²) in [7, 11) is 1.62. The third-order valence-electron chi connectivity index (χ3n) is 4.53. The van der Waals surface area contributed by atoms with Crippen LogP contribution in [0.15, 0.2) is 53.4 Å². The number of amides is 2. The molecule has 0 N–H and O–H groups in total. The maximum absolute atomic E-state index is 12.5. The fraction of sp³-hybridized carbons (Fsp3) is 0.333. The summed E-state index contributed by atoms with van der Waals surface area (Å²) in [5, 5.41) is 0. The largest absolute Gasteiger partial charge is 0.497 e. The van der Waals surface area contributed by atoms with Crippen LogP contribution in [0, 0.1) is 6.92 Å². The SMILES string of the molecule is COc1cccc(SCC(=O)N2CCN(Cc3cccc(C)c3)C(=O)C2)c1. The molecule has 0 radical (unpaired) electrons. The highest BCUT2D eigenvalue weighted by Gasteiger charge is 2.27. The molecule has 1 saturated heterocycles. The zero-order chi connectivity index (χ0) is 19.2. The van der Waals surface area contributed by atoms with E-state index in [0.29, 0.717) is 25.4 Å². The van der Waals surface area contributed by atoms with Gasteiger partial charge in [-0.2, -0.15) is 0 Å². The molecule has 0 saturated carbocycles. The van der Waals surface area contributed by atoms with Gasteiger partial charge >= 0.3 is 0 Å². The van der Waals surface area contributed by atoms with Gasteiger partial charge in [0.25, 0.3) is 0 Å². The van der Waals surface area contributed by atoms with Crippen LogP contribution in [0.25, 0.3) is 0 Å². The second kappa shape index (κ2) is 8.95. The first-order chi connectivity index (χ1) is 13.0. The normalized spacial score (nSPS) is 14.4. The molecule has 2 aromatic carbocycles. The van der Waals surface area contributed by atoms with Gasteiger partial charge in [-0.1, -0.05) is 35.9 Å². The van der Waals surface area contributed by atoms with E-state index in [-0.39, 0.29) is 18.4 Å². The lowest BCUT2D eigenvalue weighted by Gasteiger charge is -2.34. The Kier molecular flexibility index (Phi) is 6.40. The topological polar surface area (TPSA) is 49.9 Å². The van der Waals surface area contributed by atoms with Crippen molar-refractivity contribution in [2.75, 3.05) is 32.5 Å². The van der Waals surface area contributed by atoms with Gasteiger partial charge in [0.05, 0.1) is 19.4 Å². The summed E-state index contributed by atoms with van der Waals surface area (Å²) in [5.41, 5.74) is 2.31. The average Bonchev–Trinajstić information content (AvgIpc) is 2.68. The van der Waals surface area contributed by atoms with E-state index in [1.807, 2.05) is 54.3 Å². The molecule has 1 heterocycles. The fourth-order valence-electron chi connectivity index (χ4n) is 3.05. The smallest absolute Gasteiger partial charge is 0.242 e. The number of hydrogen-bond donors (Lipinski definition) is 0. The Morgan fingerprint density at radius 1 is 1.15 bits per heavy atom. The number of piperazine rings is 1. The minimum absolute atomic E-state index is 0.00230. The predicted octanol–water partition coefficient (Wildman–Crippen LogP) is 2.97. The van der Waals surface area contributed by atoms with E-state index < -0.39 is 0 Å². The van der Waals surface area contributed by atoms with Crippen LogP contribution < -0.4 is 4.74 Å². The van der Waals surface area contributed by atoms with Crippen molar-refractivity contribution in [2.45, 2.75) is 18.4 Å². The van der Waals surface area contributed by atoms with Crippen LogP contribution in [-0.4, -0.2) is 54.1 Å². The average molecular weight is 385 g/mol. The molecular weight excluding hydrogens is 360 g/mol. The van der Waals surface area contributed by atoms with Crippen LogP contribution in [0.3, 0.4) is 0 Å². The van der Waals surface area contributed by atoms with Gasteiger partial charge in [0.1, 0.15) is 5.75 Å². The Morgan fingerprint density at radius 3 is 2.70 bits per heavy atom. The Labute approximate surface area is 164 Å². The van der Waals surface area contributed by atoms with Crippen molar-refractivity contribution >= 4 is 23.6 Å². The minimum atomic E-state index is -0.00799. The van der Waals surface area contributed by atoms with Crippen LogP contribution in [0.2, 0.25) is 0 Å². The van der Waals surface area contributed by atoms with Crippen molar-refractivity contribution in [1.29, 1.82) is 0 Å². The Balaban J connectivity index is 1.51. The molecule has 27 heavy (non-hydrogen) atoms. The fourth-order valence-corrected chi connectivity index (χ4v) is 3.89. The number of carbonyl (C=O) groups is 2.